The molecule has 0 saturated carbocycles. The third-order valence-corrected chi connectivity index (χ3v) is 3.52. The second kappa shape index (κ2) is 5.61. The number of hydrogen-bond donors (Lipinski definition) is 0. The summed E-state index contributed by atoms with van der Waals surface area (Å²) in [6.07, 6.45) is 3.19. The van der Waals surface area contributed by atoms with Gasteiger partial charge in [-0.2, -0.15) is 11.8 Å². The maximum atomic E-state index is 11.8. The molecule has 82 valence electrons. The molecule has 0 aliphatic carbocycles. The summed E-state index contributed by atoms with van der Waals surface area (Å²) in [5, 5.41) is 0.0746. The van der Waals surface area contributed by atoms with Gasteiger partial charge in [0.15, 0.2) is 0 Å². The molecular weight excluding hydrogens is 198 g/mol. The van der Waals surface area contributed by atoms with E-state index in [-0.39, 0.29) is 17.3 Å². The van der Waals surface area contributed by atoms with Crippen LogP contribution in [0.15, 0.2) is 0 Å². The van der Waals surface area contributed by atoms with Crippen molar-refractivity contribution in [3.8, 4) is 0 Å². The fourth-order valence-electron chi connectivity index (χ4n) is 1.52. The largest absolute Gasteiger partial charge is 0.375 e. The van der Waals surface area contributed by atoms with Crippen LogP contribution in [0.5, 0.6) is 0 Å². The standard InChI is InChI=1S/C10H19NO2S/c1-4-9-7-11(5-6-13-9)10(12)8(2)14-3/h8-9H,4-7H2,1-3H3. The van der Waals surface area contributed by atoms with Gasteiger partial charge in [-0.15, -0.1) is 0 Å². The first-order valence-electron chi connectivity index (χ1n) is 5.12. The third-order valence-electron chi connectivity index (χ3n) is 2.61. The second-order valence-electron chi connectivity index (χ2n) is 3.56. The lowest BCUT2D eigenvalue weighted by molar-refractivity contribution is -0.137. The van der Waals surface area contributed by atoms with Crippen molar-refractivity contribution in [3.05, 3.63) is 0 Å². The van der Waals surface area contributed by atoms with E-state index < -0.39 is 0 Å². The van der Waals surface area contributed by atoms with Crippen LogP contribution in [-0.2, 0) is 9.53 Å². The molecule has 0 aromatic carbocycles. The summed E-state index contributed by atoms with van der Waals surface area (Å²) in [6.45, 7) is 6.26. The molecule has 1 heterocycles. The fraction of sp³-hybridized carbons (Fsp3) is 0.900. The van der Waals surface area contributed by atoms with Crippen LogP contribution in [0.4, 0.5) is 0 Å². The molecule has 14 heavy (non-hydrogen) atoms. The van der Waals surface area contributed by atoms with Crippen molar-refractivity contribution >= 4 is 17.7 Å². The van der Waals surface area contributed by atoms with Gasteiger partial charge in [-0.25, -0.2) is 0 Å². The van der Waals surface area contributed by atoms with Crippen LogP contribution < -0.4 is 0 Å². The molecule has 0 aromatic heterocycles. The summed E-state index contributed by atoms with van der Waals surface area (Å²) in [7, 11) is 0. The summed E-state index contributed by atoms with van der Waals surface area (Å²) in [6, 6.07) is 0. The Bertz CT molecular complexity index is 199. The Hall–Kier alpha value is -0.220. The van der Waals surface area contributed by atoms with Crippen LogP contribution in [0.2, 0.25) is 0 Å². The molecular formula is C10H19NO2S. The van der Waals surface area contributed by atoms with E-state index in [0.717, 1.165) is 19.5 Å². The molecule has 1 amide bonds. The third kappa shape index (κ3) is 2.89. The zero-order valence-electron chi connectivity index (χ0n) is 9.16. The Morgan fingerprint density at radius 1 is 1.71 bits per heavy atom. The Labute approximate surface area is 90.2 Å². The molecule has 4 heteroatoms. The van der Waals surface area contributed by atoms with Crippen LogP contribution in [0.3, 0.4) is 0 Å². The summed E-state index contributed by atoms with van der Waals surface area (Å²) < 4.78 is 5.52. The zero-order valence-corrected chi connectivity index (χ0v) is 9.97. The second-order valence-corrected chi connectivity index (χ2v) is 4.74. The predicted molar refractivity (Wildman–Crippen MR) is 59.6 cm³/mol. The van der Waals surface area contributed by atoms with Crippen molar-refractivity contribution in [2.24, 2.45) is 0 Å². The highest BCUT2D eigenvalue weighted by atomic mass is 32.2. The molecule has 1 aliphatic rings. The van der Waals surface area contributed by atoms with E-state index in [1.807, 2.05) is 18.1 Å². The summed E-state index contributed by atoms with van der Waals surface area (Å²) in [5.74, 6) is 0.249. The Morgan fingerprint density at radius 3 is 3.00 bits per heavy atom. The summed E-state index contributed by atoms with van der Waals surface area (Å²) in [5.41, 5.74) is 0. The first-order valence-corrected chi connectivity index (χ1v) is 6.41. The molecule has 2 atom stereocenters. The van der Waals surface area contributed by atoms with Crippen molar-refractivity contribution in [2.45, 2.75) is 31.6 Å². The molecule has 0 radical (unpaired) electrons. The number of nitrogens with zero attached hydrogens (tertiary/aromatic N) is 1. The van der Waals surface area contributed by atoms with Crippen LogP contribution in [0.25, 0.3) is 0 Å². The number of carbonyl (C=O) groups excluding carboxylic acids is 1. The highest BCUT2D eigenvalue weighted by Crippen LogP contribution is 2.14. The monoisotopic (exact) mass is 217 g/mol. The van der Waals surface area contributed by atoms with E-state index in [2.05, 4.69) is 6.92 Å². The highest BCUT2D eigenvalue weighted by Gasteiger charge is 2.25. The normalized spacial score (nSPS) is 24.8. The van der Waals surface area contributed by atoms with Crippen LogP contribution in [-0.4, -0.2) is 48.1 Å². The SMILES string of the molecule is CCC1CN(C(=O)C(C)SC)CCO1. The smallest absolute Gasteiger partial charge is 0.235 e. The molecule has 1 aliphatic heterocycles. The van der Waals surface area contributed by atoms with Crippen LogP contribution >= 0.6 is 11.8 Å². The van der Waals surface area contributed by atoms with Gasteiger partial charge in [0.1, 0.15) is 0 Å². The lowest BCUT2D eigenvalue weighted by atomic mass is 10.2. The van der Waals surface area contributed by atoms with Gasteiger partial charge in [-0.05, 0) is 19.6 Å². The van der Waals surface area contributed by atoms with Crippen LogP contribution in [0.1, 0.15) is 20.3 Å². The minimum atomic E-state index is 0.0746. The topological polar surface area (TPSA) is 29.5 Å². The van der Waals surface area contributed by atoms with Gasteiger partial charge in [0.2, 0.25) is 5.91 Å². The number of ether oxygens (including phenoxy) is 1. The van der Waals surface area contributed by atoms with Crippen LogP contribution in [0, 0.1) is 0 Å². The number of thioether (sulfide) groups is 1. The molecule has 1 saturated heterocycles. The average Bonchev–Trinajstić information content (AvgIpc) is 2.27. The molecule has 0 aromatic rings. The van der Waals surface area contributed by atoms with E-state index in [4.69, 9.17) is 4.74 Å². The first-order chi connectivity index (χ1) is 6.69. The lowest BCUT2D eigenvalue weighted by Crippen LogP contribution is -2.47. The number of rotatable bonds is 3. The summed E-state index contributed by atoms with van der Waals surface area (Å²) >= 11 is 1.60. The van der Waals surface area contributed by atoms with E-state index in [0.29, 0.717) is 6.61 Å². The van der Waals surface area contributed by atoms with E-state index in [1.54, 1.807) is 11.8 Å². The number of hydrogen-bond acceptors (Lipinski definition) is 3. The fourth-order valence-corrected chi connectivity index (χ4v) is 1.88. The Morgan fingerprint density at radius 2 is 2.43 bits per heavy atom. The van der Waals surface area contributed by atoms with Crippen molar-refractivity contribution in [1.82, 2.24) is 4.90 Å². The molecule has 0 bridgehead atoms. The van der Waals surface area contributed by atoms with Crippen molar-refractivity contribution in [1.29, 1.82) is 0 Å². The molecule has 2 unspecified atom stereocenters. The predicted octanol–water partition coefficient (Wildman–Crippen LogP) is 1.38. The molecule has 0 N–H and O–H groups in total. The number of morpholine rings is 1. The van der Waals surface area contributed by atoms with Gasteiger partial charge in [0.25, 0.3) is 0 Å². The minimum absolute atomic E-state index is 0.0746. The van der Waals surface area contributed by atoms with E-state index in [1.165, 1.54) is 0 Å². The van der Waals surface area contributed by atoms with E-state index >= 15 is 0 Å². The molecule has 3 nitrogen and oxygen atoms in total. The van der Waals surface area contributed by atoms with Crippen molar-refractivity contribution in [2.75, 3.05) is 26.0 Å². The average molecular weight is 217 g/mol. The van der Waals surface area contributed by atoms with Crippen molar-refractivity contribution < 1.29 is 9.53 Å². The number of amides is 1. The van der Waals surface area contributed by atoms with Gasteiger partial charge < -0.3 is 9.64 Å². The highest BCUT2D eigenvalue weighted by molar-refractivity contribution is 7.99. The maximum Gasteiger partial charge on any atom is 0.235 e. The van der Waals surface area contributed by atoms with Gasteiger partial charge >= 0.3 is 0 Å². The maximum absolute atomic E-state index is 11.8. The van der Waals surface area contributed by atoms with Gasteiger partial charge in [-0.3, -0.25) is 4.79 Å². The quantitative estimate of drug-likeness (QED) is 0.715. The first kappa shape index (κ1) is 11.9. The minimum Gasteiger partial charge on any atom is -0.375 e. The van der Waals surface area contributed by atoms with Gasteiger partial charge in [-0.1, -0.05) is 6.92 Å². The van der Waals surface area contributed by atoms with E-state index in [9.17, 15) is 4.79 Å². The summed E-state index contributed by atoms with van der Waals surface area (Å²) in [4.78, 5) is 13.8. The Kier molecular flexibility index (Phi) is 4.75. The lowest BCUT2D eigenvalue weighted by Gasteiger charge is -2.33. The molecule has 1 rings (SSSR count). The molecule has 1 fully saturated rings. The van der Waals surface area contributed by atoms with Gasteiger partial charge in [0.05, 0.1) is 18.0 Å². The van der Waals surface area contributed by atoms with Gasteiger partial charge in [0, 0.05) is 13.1 Å². The zero-order chi connectivity index (χ0) is 10.6. The molecule has 0 spiro atoms. The number of carbonyl (C=O) groups is 1. The Balaban J connectivity index is 2.47. The van der Waals surface area contributed by atoms with Crippen molar-refractivity contribution in [3.63, 3.8) is 0 Å².